The Labute approximate surface area is 227 Å². The van der Waals surface area contributed by atoms with Gasteiger partial charge in [-0.1, -0.05) is 24.3 Å². The molecule has 0 aliphatic rings. The Bertz CT molecular complexity index is 2010. The van der Waals surface area contributed by atoms with Crippen molar-refractivity contribution in [3.63, 3.8) is 0 Å². The van der Waals surface area contributed by atoms with Crippen LogP contribution >= 0.6 is 0 Å². The Balaban J connectivity index is 1.25. The molecule has 0 atom stereocenters. The number of hydrogen-bond acceptors (Lipinski definition) is 4. The maximum Gasteiger partial charge on any atom is 0.255 e. The van der Waals surface area contributed by atoms with E-state index in [1.54, 1.807) is 42.9 Å². The van der Waals surface area contributed by atoms with Gasteiger partial charge in [0.1, 0.15) is 11.5 Å². The van der Waals surface area contributed by atoms with Crippen LogP contribution < -0.4 is 5.32 Å². The van der Waals surface area contributed by atoms with Crippen LogP contribution in [0.5, 0.6) is 0 Å². The normalized spacial score (nSPS) is 11.2. The summed E-state index contributed by atoms with van der Waals surface area (Å²) in [5, 5.41) is 12.5. The zero-order valence-electron chi connectivity index (χ0n) is 21.0. The second-order valence-electron chi connectivity index (χ2n) is 9.43. The fourth-order valence-electron chi connectivity index (χ4n) is 4.88. The van der Waals surface area contributed by atoms with E-state index < -0.39 is 0 Å². The van der Waals surface area contributed by atoms with Gasteiger partial charge in [0.15, 0.2) is 0 Å². The number of fused-ring (bicyclic) bond motifs is 2. The molecule has 4 heterocycles. The van der Waals surface area contributed by atoms with Crippen molar-refractivity contribution in [2.45, 2.75) is 0 Å². The number of amides is 1. The first kappa shape index (κ1) is 23.5. The summed E-state index contributed by atoms with van der Waals surface area (Å²) < 4.78 is 13.5. The standard InChI is InChI=1S/C32H21FN6O/c33-23-9-6-19(7-10-23)30-26-16-29(37-27(26)12-13-35-30)31-25-15-21(8-11-28(25)38-39-31)22-14-24(18-34-17-22)36-32(40)20-4-2-1-3-5-20/h1-18,37H,(H,36,40)(H,38,39). The van der Waals surface area contributed by atoms with Crippen LogP contribution in [-0.2, 0) is 0 Å². The molecule has 7 nitrogen and oxygen atoms in total. The molecule has 40 heavy (non-hydrogen) atoms. The predicted octanol–water partition coefficient (Wildman–Crippen LogP) is 7.23. The molecular weight excluding hydrogens is 503 g/mol. The smallest absolute Gasteiger partial charge is 0.255 e. The van der Waals surface area contributed by atoms with Crippen molar-refractivity contribution in [1.29, 1.82) is 0 Å². The molecule has 3 N–H and O–H groups in total. The number of benzene rings is 3. The second kappa shape index (κ2) is 9.59. The van der Waals surface area contributed by atoms with Crippen LogP contribution in [-0.4, -0.2) is 31.1 Å². The monoisotopic (exact) mass is 524 g/mol. The van der Waals surface area contributed by atoms with E-state index >= 15 is 0 Å². The topological polar surface area (TPSA) is 99.3 Å². The van der Waals surface area contributed by atoms with E-state index in [-0.39, 0.29) is 11.7 Å². The van der Waals surface area contributed by atoms with Gasteiger partial charge in [-0.15, -0.1) is 0 Å². The number of H-pyrrole nitrogens is 2. The number of nitrogens with zero attached hydrogens (tertiary/aromatic N) is 3. The molecule has 0 radical (unpaired) electrons. The lowest BCUT2D eigenvalue weighted by molar-refractivity contribution is 0.102. The SMILES string of the molecule is O=C(Nc1cncc(-c2ccc3[nH]nc(-c4cc5c(-c6ccc(F)cc6)nccc5[nH]4)c3c2)c1)c1ccccc1. The van der Waals surface area contributed by atoms with Crippen molar-refractivity contribution in [2.24, 2.45) is 0 Å². The van der Waals surface area contributed by atoms with Crippen molar-refractivity contribution >= 4 is 33.4 Å². The predicted molar refractivity (Wildman–Crippen MR) is 154 cm³/mol. The van der Waals surface area contributed by atoms with E-state index in [0.29, 0.717) is 11.3 Å². The highest BCUT2D eigenvalue weighted by Crippen LogP contribution is 2.34. The van der Waals surface area contributed by atoms with Gasteiger partial charge < -0.3 is 10.3 Å². The summed E-state index contributed by atoms with van der Waals surface area (Å²) in [5.74, 6) is -0.482. The molecule has 7 rings (SSSR count). The van der Waals surface area contributed by atoms with Gasteiger partial charge in [0.25, 0.3) is 5.91 Å². The number of anilines is 1. The fourth-order valence-corrected chi connectivity index (χ4v) is 4.88. The molecule has 4 aromatic heterocycles. The van der Waals surface area contributed by atoms with Crippen molar-refractivity contribution in [3.8, 4) is 33.8 Å². The van der Waals surface area contributed by atoms with Crippen molar-refractivity contribution in [2.75, 3.05) is 5.32 Å². The van der Waals surface area contributed by atoms with Gasteiger partial charge in [-0.25, -0.2) is 4.39 Å². The number of halogens is 1. The first-order chi connectivity index (χ1) is 19.6. The minimum atomic E-state index is -0.288. The van der Waals surface area contributed by atoms with Crippen LogP contribution in [0.4, 0.5) is 10.1 Å². The molecule has 0 fully saturated rings. The molecule has 3 aromatic carbocycles. The van der Waals surface area contributed by atoms with Crippen molar-refractivity contribution in [3.05, 3.63) is 121 Å². The van der Waals surface area contributed by atoms with Crippen molar-refractivity contribution < 1.29 is 9.18 Å². The third-order valence-corrected chi connectivity index (χ3v) is 6.85. The Kier molecular flexibility index (Phi) is 5.63. The highest BCUT2D eigenvalue weighted by Gasteiger charge is 2.15. The molecule has 0 aliphatic carbocycles. The minimum absolute atomic E-state index is 0.194. The van der Waals surface area contributed by atoms with Gasteiger partial charge in [-0.2, -0.15) is 5.10 Å². The molecule has 0 bridgehead atoms. The zero-order chi connectivity index (χ0) is 27.1. The first-order valence-electron chi connectivity index (χ1n) is 12.7. The van der Waals surface area contributed by atoms with E-state index in [9.17, 15) is 9.18 Å². The second-order valence-corrected chi connectivity index (χ2v) is 9.43. The molecule has 8 heteroatoms. The third kappa shape index (κ3) is 4.27. The summed E-state index contributed by atoms with van der Waals surface area (Å²) in [6.07, 6.45) is 5.13. The number of carbonyl (C=O) groups is 1. The molecule has 0 saturated carbocycles. The van der Waals surface area contributed by atoms with E-state index in [2.05, 4.69) is 36.5 Å². The molecule has 192 valence electrons. The third-order valence-electron chi connectivity index (χ3n) is 6.85. The number of nitrogens with one attached hydrogen (secondary N) is 3. The van der Waals surface area contributed by atoms with Gasteiger partial charge in [0.05, 0.1) is 28.8 Å². The Hall–Kier alpha value is -5.63. The molecule has 0 unspecified atom stereocenters. The Morgan fingerprint density at radius 1 is 0.750 bits per heavy atom. The minimum Gasteiger partial charge on any atom is -0.353 e. The van der Waals surface area contributed by atoms with Gasteiger partial charge in [-0.3, -0.25) is 19.9 Å². The average molecular weight is 525 g/mol. The average Bonchev–Trinajstić information content (AvgIpc) is 3.62. The number of pyridine rings is 2. The van der Waals surface area contributed by atoms with Crippen LogP contribution in [0.1, 0.15) is 10.4 Å². The van der Waals surface area contributed by atoms with Crippen LogP contribution in [0.3, 0.4) is 0 Å². The maximum atomic E-state index is 13.5. The van der Waals surface area contributed by atoms with Crippen LogP contribution in [0.25, 0.3) is 55.6 Å². The van der Waals surface area contributed by atoms with Crippen LogP contribution in [0.15, 0.2) is 110 Å². The summed E-state index contributed by atoms with van der Waals surface area (Å²) in [6.45, 7) is 0. The largest absolute Gasteiger partial charge is 0.353 e. The van der Waals surface area contributed by atoms with Gasteiger partial charge in [-0.05, 0) is 72.3 Å². The fraction of sp³-hybridized carbons (Fsp3) is 0. The van der Waals surface area contributed by atoms with Crippen LogP contribution in [0, 0.1) is 5.82 Å². The van der Waals surface area contributed by atoms with Gasteiger partial charge in [0, 0.05) is 45.4 Å². The number of rotatable bonds is 5. The lowest BCUT2D eigenvalue weighted by Crippen LogP contribution is -2.11. The molecule has 1 amide bonds. The molecule has 0 saturated heterocycles. The lowest BCUT2D eigenvalue weighted by Gasteiger charge is -2.08. The number of hydrogen-bond donors (Lipinski definition) is 3. The van der Waals surface area contributed by atoms with E-state index in [4.69, 9.17) is 0 Å². The molecular formula is C32H21FN6O. The van der Waals surface area contributed by atoms with E-state index in [1.165, 1.54) is 12.1 Å². The zero-order valence-corrected chi connectivity index (χ0v) is 21.0. The molecule has 0 spiro atoms. The maximum absolute atomic E-state index is 13.5. The lowest BCUT2D eigenvalue weighted by atomic mass is 10.0. The highest BCUT2D eigenvalue weighted by molar-refractivity contribution is 6.04. The number of aromatic amines is 2. The molecule has 0 aliphatic heterocycles. The Morgan fingerprint density at radius 3 is 2.40 bits per heavy atom. The summed E-state index contributed by atoms with van der Waals surface area (Å²) in [6, 6.07) is 27.2. The van der Waals surface area contributed by atoms with Gasteiger partial charge >= 0.3 is 0 Å². The first-order valence-corrected chi connectivity index (χ1v) is 12.7. The summed E-state index contributed by atoms with van der Waals surface area (Å²) >= 11 is 0. The van der Waals surface area contributed by atoms with Crippen molar-refractivity contribution in [1.82, 2.24) is 25.1 Å². The quantitative estimate of drug-likeness (QED) is 0.221. The highest BCUT2D eigenvalue weighted by atomic mass is 19.1. The number of carbonyl (C=O) groups excluding carboxylic acids is 1. The van der Waals surface area contributed by atoms with Gasteiger partial charge in [0.2, 0.25) is 0 Å². The Morgan fingerprint density at radius 2 is 1.55 bits per heavy atom. The summed E-state index contributed by atoms with van der Waals surface area (Å²) in [7, 11) is 0. The summed E-state index contributed by atoms with van der Waals surface area (Å²) in [4.78, 5) is 25.0. The van der Waals surface area contributed by atoms with Crippen LogP contribution in [0.2, 0.25) is 0 Å². The molecule has 7 aromatic rings. The number of aromatic nitrogens is 5. The summed E-state index contributed by atoms with van der Waals surface area (Å²) in [5.41, 5.74) is 7.96. The van der Waals surface area contributed by atoms with E-state index in [0.717, 1.165) is 55.6 Å². The van der Waals surface area contributed by atoms with E-state index in [1.807, 2.05) is 48.5 Å².